The van der Waals surface area contributed by atoms with Crippen molar-refractivity contribution in [3.8, 4) is 34.3 Å². The number of nitrogens with zero attached hydrogens (tertiary/aromatic N) is 4. The number of hydrogen-bond acceptors (Lipinski definition) is 8. The predicted molar refractivity (Wildman–Crippen MR) is 144 cm³/mol. The Hall–Kier alpha value is -4.31. The summed E-state index contributed by atoms with van der Waals surface area (Å²) in [5.41, 5.74) is 6.22. The molecule has 0 aliphatic carbocycles. The van der Waals surface area contributed by atoms with E-state index in [9.17, 15) is 4.79 Å². The quantitative estimate of drug-likeness (QED) is 0.188. The first-order valence-electron chi connectivity index (χ1n) is 11.4. The minimum absolute atomic E-state index is 0.103. The molecule has 0 bridgehead atoms. The van der Waals surface area contributed by atoms with E-state index in [0.29, 0.717) is 33.8 Å². The second kappa shape index (κ2) is 12.1. The Balaban J connectivity index is 1.48. The van der Waals surface area contributed by atoms with Gasteiger partial charge in [-0.2, -0.15) is 5.10 Å². The van der Waals surface area contributed by atoms with Crippen LogP contribution in [-0.2, 0) is 4.79 Å². The van der Waals surface area contributed by atoms with Gasteiger partial charge in [0.25, 0.3) is 5.91 Å². The van der Waals surface area contributed by atoms with E-state index in [1.807, 2.05) is 66.1 Å². The van der Waals surface area contributed by atoms with E-state index >= 15 is 0 Å². The average Bonchev–Trinajstić information content (AvgIpc) is 3.36. The molecule has 0 radical (unpaired) electrons. The summed E-state index contributed by atoms with van der Waals surface area (Å²) in [7, 11) is 4.61. The largest absolute Gasteiger partial charge is 0.493 e. The second-order valence-electron chi connectivity index (χ2n) is 7.88. The first-order chi connectivity index (χ1) is 18.0. The number of rotatable bonds is 10. The number of carbonyl (C=O) groups excluding carboxylic acids is 1. The van der Waals surface area contributed by atoms with Crippen LogP contribution in [0.4, 0.5) is 0 Å². The molecule has 1 heterocycles. The molecule has 10 heteroatoms. The van der Waals surface area contributed by atoms with E-state index in [1.54, 1.807) is 12.1 Å². The Bertz CT molecular complexity index is 1360. The van der Waals surface area contributed by atoms with Gasteiger partial charge in [-0.05, 0) is 31.2 Å². The van der Waals surface area contributed by atoms with Crippen LogP contribution >= 0.6 is 11.8 Å². The van der Waals surface area contributed by atoms with E-state index in [-0.39, 0.29) is 11.7 Å². The topological polar surface area (TPSA) is 99.9 Å². The molecule has 37 heavy (non-hydrogen) atoms. The van der Waals surface area contributed by atoms with Crippen LogP contribution in [0.1, 0.15) is 11.1 Å². The standard InChI is InChI=1S/C27H27N5O4S/c1-18-10-12-21(13-11-18)32-26(20-8-6-5-7-9-20)30-31-27(32)37-17-24(33)29-28-16-19-14-22(34-2)25(36-4)23(15-19)35-3/h5-16H,17H2,1-4H3,(H,29,33)/b28-16-. The van der Waals surface area contributed by atoms with Crippen LogP contribution in [0.15, 0.2) is 77.0 Å². The maximum absolute atomic E-state index is 12.5. The molecule has 0 atom stereocenters. The van der Waals surface area contributed by atoms with Crippen molar-refractivity contribution in [2.75, 3.05) is 27.1 Å². The third-order valence-electron chi connectivity index (χ3n) is 5.38. The molecule has 0 saturated carbocycles. The van der Waals surface area contributed by atoms with Crippen LogP contribution < -0.4 is 19.6 Å². The highest BCUT2D eigenvalue weighted by Crippen LogP contribution is 2.37. The van der Waals surface area contributed by atoms with Gasteiger partial charge in [-0.3, -0.25) is 9.36 Å². The lowest BCUT2D eigenvalue weighted by Crippen LogP contribution is -2.20. The summed E-state index contributed by atoms with van der Waals surface area (Å²) < 4.78 is 18.0. The normalized spacial score (nSPS) is 10.9. The summed E-state index contributed by atoms with van der Waals surface area (Å²) >= 11 is 1.28. The molecule has 0 fully saturated rings. The minimum atomic E-state index is -0.284. The Morgan fingerprint density at radius 1 is 0.973 bits per heavy atom. The monoisotopic (exact) mass is 517 g/mol. The zero-order chi connectivity index (χ0) is 26.2. The molecule has 3 aromatic carbocycles. The zero-order valence-corrected chi connectivity index (χ0v) is 21.8. The molecule has 9 nitrogen and oxygen atoms in total. The van der Waals surface area contributed by atoms with Gasteiger partial charge in [-0.1, -0.05) is 59.8 Å². The van der Waals surface area contributed by atoms with Crippen LogP contribution in [0, 0.1) is 6.92 Å². The van der Waals surface area contributed by atoms with Crippen molar-refractivity contribution >= 4 is 23.9 Å². The van der Waals surface area contributed by atoms with Gasteiger partial charge >= 0.3 is 0 Å². The average molecular weight is 518 g/mol. The SMILES string of the molecule is COc1cc(/C=N\NC(=O)CSc2nnc(-c3ccccc3)n2-c2ccc(C)cc2)cc(OC)c1OC. The Kier molecular flexibility index (Phi) is 8.42. The van der Waals surface area contributed by atoms with Crippen molar-refractivity contribution in [3.05, 3.63) is 77.9 Å². The fourth-order valence-electron chi connectivity index (χ4n) is 3.58. The summed E-state index contributed by atoms with van der Waals surface area (Å²) in [5, 5.41) is 13.4. The highest BCUT2D eigenvalue weighted by Gasteiger charge is 2.17. The van der Waals surface area contributed by atoms with Crippen molar-refractivity contribution < 1.29 is 19.0 Å². The first-order valence-corrected chi connectivity index (χ1v) is 12.3. The molecule has 4 aromatic rings. The van der Waals surface area contributed by atoms with Gasteiger partial charge < -0.3 is 14.2 Å². The molecule has 1 aromatic heterocycles. The summed E-state index contributed by atoms with van der Waals surface area (Å²) in [5.74, 6) is 1.99. The highest BCUT2D eigenvalue weighted by atomic mass is 32.2. The van der Waals surface area contributed by atoms with E-state index in [4.69, 9.17) is 14.2 Å². The number of thioether (sulfide) groups is 1. The molecule has 1 amide bonds. The fraction of sp³-hybridized carbons (Fsp3) is 0.185. The highest BCUT2D eigenvalue weighted by molar-refractivity contribution is 7.99. The molecule has 1 N–H and O–H groups in total. The van der Waals surface area contributed by atoms with Gasteiger partial charge in [0, 0.05) is 16.8 Å². The van der Waals surface area contributed by atoms with Crippen LogP contribution in [0.3, 0.4) is 0 Å². The zero-order valence-electron chi connectivity index (χ0n) is 21.0. The van der Waals surface area contributed by atoms with Crippen molar-refractivity contribution in [1.82, 2.24) is 20.2 Å². The van der Waals surface area contributed by atoms with Crippen LogP contribution in [0.25, 0.3) is 17.1 Å². The van der Waals surface area contributed by atoms with E-state index in [1.165, 1.54) is 39.3 Å². The van der Waals surface area contributed by atoms with Crippen LogP contribution in [-0.4, -0.2) is 54.0 Å². The number of hydrazone groups is 1. The smallest absolute Gasteiger partial charge is 0.250 e. The Morgan fingerprint density at radius 2 is 1.65 bits per heavy atom. The first kappa shape index (κ1) is 25.8. The van der Waals surface area contributed by atoms with Crippen molar-refractivity contribution in [1.29, 1.82) is 0 Å². The fourth-order valence-corrected chi connectivity index (χ4v) is 4.33. The van der Waals surface area contributed by atoms with Gasteiger partial charge in [0.1, 0.15) is 0 Å². The second-order valence-corrected chi connectivity index (χ2v) is 8.83. The summed E-state index contributed by atoms with van der Waals surface area (Å²) in [6.07, 6.45) is 1.51. The molecule has 0 spiro atoms. The summed E-state index contributed by atoms with van der Waals surface area (Å²) in [6.45, 7) is 2.03. The van der Waals surface area contributed by atoms with Crippen molar-refractivity contribution in [2.24, 2.45) is 5.10 Å². The number of nitrogens with one attached hydrogen (secondary N) is 1. The maximum atomic E-state index is 12.5. The number of carbonyl (C=O) groups is 1. The third kappa shape index (κ3) is 6.10. The number of methoxy groups -OCH3 is 3. The van der Waals surface area contributed by atoms with Gasteiger partial charge in [0.05, 0.1) is 33.3 Å². The number of amides is 1. The molecular formula is C27H27N5O4S. The lowest BCUT2D eigenvalue weighted by atomic mass is 10.2. The van der Waals surface area contributed by atoms with Crippen molar-refractivity contribution in [2.45, 2.75) is 12.1 Å². The summed E-state index contributed by atoms with van der Waals surface area (Å²) in [6, 6.07) is 21.4. The van der Waals surface area contributed by atoms with E-state index < -0.39 is 0 Å². The maximum Gasteiger partial charge on any atom is 0.250 e. The minimum Gasteiger partial charge on any atom is -0.493 e. The number of benzene rings is 3. The van der Waals surface area contributed by atoms with Crippen LogP contribution in [0.5, 0.6) is 17.2 Å². The Morgan fingerprint density at radius 3 is 2.27 bits per heavy atom. The lowest BCUT2D eigenvalue weighted by molar-refractivity contribution is -0.118. The number of aryl methyl sites for hydroxylation is 1. The molecule has 0 aliphatic heterocycles. The molecule has 4 rings (SSSR count). The molecule has 190 valence electrons. The number of aromatic nitrogens is 3. The van der Waals surface area contributed by atoms with Crippen molar-refractivity contribution in [3.63, 3.8) is 0 Å². The van der Waals surface area contributed by atoms with Gasteiger partial charge in [-0.25, -0.2) is 5.43 Å². The summed E-state index contributed by atoms with van der Waals surface area (Å²) in [4.78, 5) is 12.5. The van der Waals surface area contributed by atoms with Gasteiger partial charge in [0.2, 0.25) is 5.75 Å². The van der Waals surface area contributed by atoms with Crippen LogP contribution in [0.2, 0.25) is 0 Å². The lowest BCUT2D eigenvalue weighted by Gasteiger charge is -2.12. The molecule has 0 aliphatic rings. The van der Waals surface area contributed by atoms with E-state index in [2.05, 4.69) is 20.7 Å². The number of hydrogen-bond donors (Lipinski definition) is 1. The molecule has 0 unspecified atom stereocenters. The molecular weight excluding hydrogens is 490 g/mol. The predicted octanol–water partition coefficient (Wildman–Crippen LogP) is 4.51. The van der Waals surface area contributed by atoms with E-state index in [0.717, 1.165) is 16.8 Å². The third-order valence-corrected chi connectivity index (χ3v) is 6.31. The number of ether oxygens (including phenoxy) is 3. The van der Waals surface area contributed by atoms with Gasteiger partial charge in [0.15, 0.2) is 22.5 Å². The Labute approximate surface area is 219 Å². The molecule has 0 saturated heterocycles. The van der Waals surface area contributed by atoms with Gasteiger partial charge in [-0.15, -0.1) is 10.2 Å².